The first kappa shape index (κ1) is 58.3. The molecule has 18 heteroatoms. The molecular formula is C44H72F2N4O10S2-2. The van der Waals surface area contributed by atoms with Gasteiger partial charge in [0.2, 0.25) is 20.0 Å². The number of alkyl halides is 2. The zero-order valence-electron chi connectivity index (χ0n) is 37.4. The number of carbonyl (C=O) groups excluding carboxylic acids is 2. The van der Waals surface area contributed by atoms with Gasteiger partial charge in [0, 0.05) is 11.4 Å². The van der Waals surface area contributed by atoms with Crippen molar-refractivity contribution >= 4 is 43.4 Å². The Bertz CT molecular complexity index is 1620. The standard InChI is InChI=1S/2C20H35FN2O3S.C4H4O4/c2*1-4-23(15-7-5-6-9-17(2)21)16-8-10-20(24)18-11-13-19(14-12-18)22-27(3,25)26;5-3(6)1-2-4(7)8/h2*11-14,17,20,22,24H,4-10,15-16H2,1-3H3;1-2H,(H,5,6)(H,7,8)/p-2/b;;2-1+/t2*17?,20-;/m00./s1. The number of benzene rings is 2. The predicted molar refractivity (Wildman–Crippen MR) is 240 cm³/mol. The van der Waals surface area contributed by atoms with Crippen LogP contribution in [0.1, 0.15) is 128 Å². The van der Waals surface area contributed by atoms with Crippen LogP contribution in [0.3, 0.4) is 0 Å². The molecule has 0 aromatic heterocycles. The molecule has 0 aliphatic rings. The second-order valence-corrected chi connectivity index (χ2v) is 18.9. The van der Waals surface area contributed by atoms with E-state index in [0.717, 1.165) is 114 Å². The van der Waals surface area contributed by atoms with Crippen LogP contribution >= 0.6 is 0 Å². The Kier molecular flexibility index (Phi) is 31.0. The van der Waals surface area contributed by atoms with Gasteiger partial charge >= 0.3 is 0 Å². The summed E-state index contributed by atoms with van der Waals surface area (Å²) in [5.41, 5.74) is 2.57. The fourth-order valence-electron chi connectivity index (χ4n) is 6.19. The first-order chi connectivity index (χ1) is 29.0. The van der Waals surface area contributed by atoms with Gasteiger partial charge in [0.05, 0.1) is 49.0 Å². The number of carbonyl (C=O) groups is 2. The topological polar surface area (TPSA) is 220 Å². The van der Waals surface area contributed by atoms with Gasteiger partial charge in [0.25, 0.3) is 0 Å². The van der Waals surface area contributed by atoms with Crippen LogP contribution in [0.15, 0.2) is 60.7 Å². The third-order valence-corrected chi connectivity index (χ3v) is 10.7. The highest BCUT2D eigenvalue weighted by atomic mass is 32.2. The summed E-state index contributed by atoms with van der Waals surface area (Å²) in [6.45, 7) is 13.3. The first-order valence-electron chi connectivity index (χ1n) is 21.4. The van der Waals surface area contributed by atoms with Crippen molar-refractivity contribution in [1.29, 1.82) is 0 Å². The summed E-state index contributed by atoms with van der Waals surface area (Å²) in [7, 11) is -6.58. The molecule has 62 heavy (non-hydrogen) atoms. The van der Waals surface area contributed by atoms with Gasteiger partial charge in [0.1, 0.15) is 0 Å². The van der Waals surface area contributed by atoms with Crippen LogP contribution in [0, 0.1) is 0 Å². The lowest BCUT2D eigenvalue weighted by Gasteiger charge is -2.21. The number of aliphatic hydroxyl groups excluding tert-OH is 2. The van der Waals surface area contributed by atoms with Gasteiger partial charge in [-0.3, -0.25) is 9.44 Å². The van der Waals surface area contributed by atoms with Crippen molar-refractivity contribution in [3.63, 3.8) is 0 Å². The Labute approximate surface area is 369 Å². The van der Waals surface area contributed by atoms with E-state index in [0.29, 0.717) is 49.2 Å². The van der Waals surface area contributed by atoms with Crippen molar-refractivity contribution in [2.24, 2.45) is 0 Å². The van der Waals surface area contributed by atoms with Crippen LogP contribution in [0.25, 0.3) is 0 Å². The number of nitrogens with one attached hydrogen (secondary N) is 2. The van der Waals surface area contributed by atoms with Crippen LogP contribution in [0.5, 0.6) is 0 Å². The molecule has 4 N–H and O–H groups in total. The van der Waals surface area contributed by atoms with E-state index >= 15 is 0 Å². The van der Waals surface area contributed by atoms with Gasteiger partial charge in [-0.15, -0.1) is 0 Å². The fraction of sp³-hybridized carbons (Fsp3) is 0.636. The summed E-state index contributed by atoms with van der Waals surface area (Å²) < 4.78 is 75.2. The van der Waals surface area contributed by atoms with E-state index in [1.165, 1.54) is 0 Å². The maximum Gasteiger partial charge on any atom is 0.229 e. The largest absolute Gasteiger partial charge is 0.545 e. The number of hydrogen-bond donors (Lipinski definition) is 4. The van der Waals surface area contributed by atoms with Crippen LogP contribution in [-0.2, 0) is 29.6 Å². The van der Waals surface area contributed by atoms with Gasteiger partial charge in [-0.05, 0) is 152 Å². The second-order valence-electron chi connectivity index (χ2n) is 15.4. The number of halogens is 2. The normalized spacial score (nSPS) is 13.7. The van der Waals surface area contributed by atoms with Crippen LogP contribution in [0.2, 0.25) is 0 Å². The van der Waals surface area contributed by atoms with Crippen molar-refractivity contribution in [3.8, 4) is 0 Å². The van der Waals surface area contributed by atoms with Crippen LogP contribution in [0.4, 0.5) is 20.2 Å². The van der Waals surface area contributed by atoms with Crippen molar-refractivity contribution in [2.45, 2.75) is 129 Å². The third-order valence-electron chi connectivity index (χ3n) is 9.50. The third kappa shape index (κ3) is 33.9. The summed E-state index contributed by atoms with van der Waals surface area (Å²) in [6, 6.07) is 13.7. The van der Waals surface area contributed by atoms with E-state index in [4.69, 9.17) is 0 Å². The van der Waals surface area contributed by atoms with E-state index < -0.39 is 56.5 Å². The molecule has 0 saturated carbocycles. The van der Waals surface area contributed by atoms with Crippen molar-refractivity contribution in [2.75, 3.05) is 61.2 Å². The van der Waals surface area contributed by atoms with Crippen LogP contribution in [-0.4, -0.2) is 113 Å². The van der Waals surface area contributed by atoms with Crippen molar-refractivity contribution < 1.29 is 55.6 Å². The number of anilines is 2. The number of carboxylic acid groups (broad SMARTS) is 2. The Morgan fingerprint density at radius 2 is 0.887 bits per heavy atom. The number of carboxylic acids is 2. The number of nitrogens with zero attached hydrogens (tertiary/aromatic N) is 2. The molecule has 0 heterocycles. The lowest BCUT2D eigenvalue weighted by Crippen LogP contribution is -2.26. The summed E-state index contributed by atoms with van der Waals surface area (Å²) in [4.78, 5) is 23.6. The smallest absolute Gasteiger partial charge is 0.229 e. The van der Waals surface area contributed by atoms with Crippen molar-refractivity contribution in [1.82, 2.24) is 9.80 Å². The van der Waals surface area contributed by atoms with Crippen molar-refractivity contribution in [3.05, 3.63) is 71.8 Å². The molecular weight excluding hydrogens is 847 g/mol. The van der Waals surface area contributed by atoms with E-state index in [1.54, 1.807) is 62.4 Å². The van der Waals surface area contributed by atoms with Gasteiger partial charge in [0.15, 0.2) is 0 Å². The Morgan fingerprint density at radius 1 is 0.581 bits per heavy atom. The number of aliphatic hydroxyl groups is 2. The molecule has 0 radical (unpaired) electrons. The molecule has 0 saturated heterocycles. The van der Waals surface area contributed by atoms with Gasteiger partial charge in [-0.2, -0.15) is 0 Å². The quantitative estimate of drug-likeness (QED) is 0.0582. The Balaban J connectivity index is 0.00000102. The molecule has 14 nitrogen and oxygen atoms in total. The number of sulfonamides is 2. The van der Waals surface area contributed by atoms with Gasteiger partial charge in [-0.25, -0.2) is 25.6 Å². The summed E-state index contributed by atoms with van der Waals surface area (Å²) in [5.74, 6) is -3.09. The highest BCUT2D eigenvalue weighted by Crippen LogP contribution is 2.22. The second kappa shape index (κ2) is 32.9. The number of unbranched alkanes of at least 4 members (excludes halogenated alkanes) is 4. The molecule has 0 aliphatic carbocycles. The predicted octanol–water partition coefficient (Wildman–Crippen LogP) is 5.27. The Hall–Kier alpha value is -3.68. The highest BCUT2D eigenvalue weighted by Gasteiger charge is 2.12. The summed E-state index contributed by atoms with van der Waals surface area (Å²) in [6.07, 6.45) is 11.0. The summed E-state index contributed by atoms with van der Waals surface area (Å²) >= 11 is 0. The minimum atomic E-state index is -3.29. The zero-order chi connectivity index (χ0) is 47.1. The molecule has 2 unspecified atom stereocenters. The SMILES string of the molecule is CCN(CCCCCC(C)F)CCC[C@H](O)c1ccc(NS(C)(=O)=O)cc1.CCN(CCCCCC(C)F)CCC[C@H](O)c1ccc(NS(C)(=O)=O)cc1.O=C([O-])/C=C/C(=O)[O-]. The number of aliphatic carboxylic acids is 2. The lowest BCUT2D eigenvalue weighted by atomic mass is 10.0. The molecule has 0 amide bonds. The van der Waals surface area contributed by atoms with E-state index in [-0.39, 0.29) is 0 Å². The van der Waals surface area contributed by atoms with Gasteiger partial charge in [-0.1, -0.05) is 63.8 Å². The highest BCUT2D eigenvalue weighted by molar-refractivity contribution is 7.92. The molecule has 0 aliphatic heterocycles. The Morgan fingerprint density at radius 3 is 1.15 bits per heavy atom. The summed E-state index contributed by atoms with van der Waals surface area (Å²) in [5, 5.41) is 39.5. The lowest BCUT2D eigenvalue weighted by molar-refractivity contribution is -0.301. The van der Waals surface area contributed by atoms with Gasteiger partial charge < -0.3 is 39.8 Å². The molecule has 0 fully saturated rings. The van der Waals surface area contributed by atoms with E-state index in [1.807, 2.05) is 0 Å². The average molecular weight is 919 g/mol. The molecule has 2 aromatic carbocycles. The molecule has 4 atom stereocenters. The minimum absolute atomic E-state index is 0.384. The molecule has 356 valence electrons. The average Bonchev–Trinajstić information content (AvgIpc) is 3.18. The number of hydrogen-bond acceptors (Lipinski definition) is 12. The monoisotopic (exact) mass is 918 g/mol. The maximum absolute atomic E-state index is 12.8. The first-order valence-corrected chi connectivity index (χ1v) is 25.2. The van der Waals surface area contributed by atoms with Crippen LogP contribution < -0.4 is 19.7 Å². The minimum Gasteiger partial charge on any atom is -0.545 e. The molecule has 0 bridgehead atoms. The molecule has 2 aromatic rings. The molecule has 2 rings (SSSR count). The zero-order valence-corrected chi connectivity index (χ0v) is 39.1. The fourth-order valence-corrected chi connectivity index (χ4v) is 7.32. The number of rotatable bonds is 30. The van der Waals surface area contributed by atoms with E-state index in [9.17, 15) is 55.6 Å². The van der Waals surface area contributed by atoms with E-state index in [2.05, 4.69) is 33.1 Å². The molecule has 0 spiro atoms. The maximum atomic E-state index is 12.8.